The lowest BCUT2D eigenvalue weighted by atomic mass is 10.2. The van der Waals surface area contributed by atoms with Crippen molar-refractivity contribution >= 4 is 18.3 Å². The van der Waals surface area contributed by atoms with Gasteiger partial charge in [-0.3, -0.25) is 0 Å². The summed E-state index contributed by atoms with van der Waals surface area (Å²) in [4.78, 5) is 2.24. The van der Waals surface area contributed by atoms with Crippen LogP contribution < -0.4 is 4.90 Å². The van der Waals surface area contributed by atoms with E-state index in [1.165, 1.54) is 5.69 Å². The fraction of sp³-hybridized carbons (Fsp3) is 0.417. The highest BCUT2D eigenvalue weighted by Crippen LogP contribution is 2.13. The van der Waals surface area contributed by atoms with Gasteiger partial charge in [-0.2, -0.15) is 17.9 Å². The Bertz CT molecular complexity index is 305. The van der Waals surface area contributed by atoms with E-state index in [1.807, 2.05) is 18.2 Å². The van der Waals surface area contributed by atoms with Crippen molar-refractivity contribution in [2.75, 3.05) is 23.7 Å². The number of nitriles is 1. The first kappa shape index (κ1) is 11.9. The smallest absolute Gasteiger partial charge is 0.0640 e. The Balaban J connectivity index is 2.59. The van der Waals surface area contributed by atoms with Crippen LogP contribution in [0, 0.1) is 11.3 Å². The third-order valence-electron chi connectivity index (χ3n) is 2.20. The van der Waals surface area contributed by atoms with E-state index in [2.05, 4.69) is 35.7 Å². The zero-order chi connectivity index (χ0) is 10.9. The fourth-order valence-corrected chi connectivity index (χ4v) is 1.60. The normalized spacial score (nSPS) is 9.60. The standard InChI is InChI=1S/C12H16N2S/c13-8-4-9-14(10-5-11-15)12-6-2-1-3-7-12/h1-3,6-7,15H,4-5,9-11H2. The van der Waals surface area contributed by atoms with Crippen LogP contribution in [0.3, 0.4) is 0 Å². The van der Waals surface area contributed by atoms with Crippen LogP contribution >= 0.6 is 12.6 Å². The lowest BCUT2D eigenvalue weighted by Crippen LogP contribution is -2.25. The van der Waals surface area contributed by atoms with E-state index in [4.69, 9.17) is 5.26 Å². The van der Waals surface area contributed by atoms with Crippen molar-refractivity contribution in [2.24, 2.45) is 0 Å². The maximum Gasteiger partial charge on any atom is 0.0640 e. The van der Waals surface area contributed by atoms with Crippen LogP contribution in [0.2, 0.25) is 0 Å². The van der Waals surface area contributed by atoms with Gasteiger partial charge in [-0.15, -0.1) is 0 Å². The van der Waals surface area contributed by atoms with Gasteiger partial charge < -0.3 is 4.90 Å². The topological polar surface area (TPSA) is 27.0 Å². The molecule has 0 fully saturated rings. The zero-order valence-corrected chi connectivity index (χ0v) is 9.66. The molecule has 0 amide bonds. The van der Waals surface area contributed by atoms with Crippen LogP contribution in [0.5, 0.6) is 0 Å². The van der Waals surface area contributed by atoms with E-state index in [1.54, 1.807) is 0 Å². The van der Waals surface area contributed by atoms with E-state index in [-0.39, 0.29) is 0 Å². The van der Waals surface area contributed by atoms with Crippen LogP contribution in [0.15, 0.2) is 30.3 Å². The molecule has 0 aliphatic rings. The summed E-state index contributed by atoms with van der Waals surface area (Å²) in [6.45, 7) is 1.77. The molecule has 0 unspecified atom stereocenters. The molecule has 0 spiro atoms. The van der Waals surface area contributed by atoms with E-state index < -0.39 is 0 Å². The first-order chi connectivity index (χ1) is 7.38. The summed E-state index contributed by atoms with van der Waals surface area (Å²) in [7, 11) is 0. The number of para-hydroxylation sites is 1. The van der Waals surface area contributed by atoms with Gasteiger partial charge in [-0.05, 0) is 24.3 Å². The van der Waals surface area contributed by atoms with Gasteiger partial charge >= 0.3 is 0 Å². The Hall–Kier alpha value is -1.14. The van der Waals surface area contributed by atoms with Crippen molar-refractivity contribution < 1.29 is 0 Å². The van der Waals surface area contributed by atoms with E-state index in [0.717, 1.165) is 25.3 Å². The Morgan fingerprint density at radius 2 is 1.93 bits per heavy atom. The summed E-state index contributed by atoms with van der Waals surface area (Å²) in [6.07, 6.45) is 1.62. The van der Waals surface area contributed by atoms with Crippen molar-refractivity contribution in [2.45, 2.75) is 12.8 Å². The summed E-state index contributed by atoms with van der Waals surface area (Å²) >= 11 is 4.21. The summed E-state index contributed by atoms with van der Waals surface area (Å²) in [6, 6.07) is 12.4. The first-order valence-corrected chi connectivity index (χ1v) is 5.79. The maximum atomic E-state index is 8.60. The molecule has 1 rings (SSSR count). The van der Waals surface area contributed by atoms with Gasteiger partial charge in [-0.1, -0.05) is 18.2 Å². The summed E-state index contributed by atoms with van der Waals surface area (Å²) in [5.41, 5.74) is 1.19. The van der Waals surface area contributed by atoms with E-state index in [0.29, 0.717) is 6.42 Å². The molecule has 3 heteroatoms. The minimum absolute atomic E-state index is 0.571. The molecule has 0 aromatic heterocycles. The van der Waals surface area contributed by atoms with Crippen LogP contribution in [-0.2, 0) is 0 Å². The largest absolute Gasteiger partial charge is 0.370 e. The summed E-state index contributed by atoms with van der Waals surface area (Å²) in [5, 5.41) is 8.60. The molecule has 0 aliphatic carbocycles. The van der Waals surface area contributed by atoms with Gasteiger partial charge in [0.05, 0.1) is 12.5 Å². The minimum atomic E-state index is 0.571. The van der Waals surface area contributed by atoms with Gasteiger partial charge in [0.15, 0.2) is 0 Å². The van der Waals surface area contributed by atoms with Gasteiger partial charge in [0.1, 0.15) is 0 Å². The lowest BCUT2D eigenvalue weighted by Gasteiger charge is -2.23. The third kappa shape index (κ3) is 4.26. The second-order valence-corrected chi connectivity index (χ2v) is 3.76. The van der Waals surface area contributed by atoms with Crippen molar-refractivity contribution in [1.29, 1.82) is 5.26 Å². The number of rotatable bonds is 6. The second-order valence-electron chi connectivity index (χ2n) is 3.31. The molecule has 80 valence electrons. The molecule has 0 bridgehead atoms. The van der Waals surface area contributed by atoms with Crippen LogP contribution in [-0.4, -0.2) is 18.8 Å². The van der Waals surface area contributed by atoms with Crippen molar-refractivity contribution in [3.63, 3.8) is 0 Å². The van der Waals surface area contributed by atoms with Crippen molar-refractivity contribution in [1.82, 2.24) is 0 Å². The Kier molecular flexibility index (Phi) is 5.72. The van der Waals surface area contributed by atoms with Gasteiger partial charge in [0, 0.05) is 18.8 Å². The fourth-order valence-electron chi connectivity index (χ4n) is 1.46. The molecule has 0 saturated heterocycles. The molecule has 1 aromatic carbocycles. The maximum absolute atomic E-state index is 8.60. The highest BCUT2D eigenvalue weighted by atomic mass is 32.1. The van der Waals surface area contributed by atoms with Gasteiger partial charge in [0.25, 0.3) is 0 Å². The molecule has 1 aromatic rings. The molecule has 0 saturated carbocycles. The average Bonchev–Trinajstić information content (AvgIpc) is 2.30. The SMILES string of the molecule is N#CCCN(CCCS)c1ccccc1. The molecular weight excluding hydrogens is 204 g/mol. The van der Waals surface area contributed by atoms with Crippen molar-refractivity contribution in [3.8, 4) is 6.07 Å². The predicted molar refractivity (Wildman–Crippen MR) is 67.4 cm³/mol. The molecule has 0 N–H and O–H groups in total. The number of anilines is 1. The second kappa shape index (κ2) is 7.19. The quantitative estimate of drug-likeness (QED) is 0.746. The van der Waals surface area contributed by atoms with E-state index in [9.17, 15) is 0 Å². The number of nitrogens with zero attached hydrogens (tertiary/aromatic N) is 2. The third-order valence-corrected chi connectivity index (χ3v) is 2.52. The number of hydrogen-bond donors (Lipinski definition) is 1. The summed E-state index contributed by atoms with van der Waals surface area (Å²) in [5.74, 6) is 0.885. The molecule has 0 atom stereocenters. The highest BCUT2D eigenvalue weighted by molar-refractivity contribution is 7.80. The number of benzene rings is 1. The average molecular weight is 220 g/mol. The molecule has 0 radical (unpaired) electrons. The summed E-state index contributed by atoms with van der Waals surface area (Å²) < 4.78 is 0. The molecule has 0 aliphatic heterocycles. The van der Waals surface area contributed by atoms with Crippen molar-refractivity contribution in [3.05, 3.63) is 30.3 Å². The van der Waals surface area contributed by atoms with Crippen LogP contribution in [0.25, 0.3) is 0 Å². The Morgan fingerprint density at radius 3 is 2.53 bits per heavy atom. The molecule has 2 nitrogen and oxygen atoms in total. The molecule has 0 heterocycles. The lowest BCUT2D eigenvalue weighted by molar-refractivity contribution is 0.773. The predicted octanol–water partition coefficient (Wildman–Crippen LogP) is 2.73. The molecule has 15 heavy (non-hydrogen) atoms. The molecular formula is C12H16N2S. The Morgan fingerprint density at radius 1 is 1.20 bits per heavy atom. The van der Waals surface area contributed by atoms with E-state index >= 15 is 0 Å². The first-order valence-electron chi connectivity index (χ1n) is 5.16. The van der Waals surface area contributed by atoms with Crippen LogP contribution in [0.1, 0.15) is 12.8 Å². The zero-order valence-electron chi connectivity index (χ0n) is 8.76. The van der Waals surface area contributed by atoms with Gasteiger partial charge in [-0.25, -0.2) is 0 Å². The number of hydrogen-bond acceptors (Lipinski definition) is 3. The van der Waals surface area contributed by atoms with Crippen LogP contribution in [0.4, 0.5) is 5.69 Å². The monoisotopic (exact) mass is 220 g/mol. The number of thiol groups is 1. The van der Waals surface area contributed by atoms with Gasteiger partial charge in [0.2, 0.25) is 0 Å². The minimum Gasteiger partial charge on any atom is -0.370 e. The highest BCUT2D eigenvalue weighted by Gasteiger charge is 2.04. The Labute approximate surface area is 96.9 Å².